The predicted molar refractivity (Wildman–Crippen MR) is 78.6 cm³/mol. The van der Waals surface area contributed by atoms with Crippen LogP contribution in [-0.4, -0.2) is 24.6 Å². The molecule has 19 heavy (non-hydrogen) atoms. The van der Waals surface area contributed by atoms with Crippen molar-refractivity contribution >= 4 is 24.3 Å². The summed E-state index contributed by atoms with van der Waals surface area (Å²) in [7, 11) is -0.643. The first-order valence-electron chi connectivity index (χ1n) is 6.37. The monoisotopic (exact) mass is 282 g/mol. The molecule has 0 aliphatic carbocycles. The average Bonchev–Trinajstić information content (AvgIpc) is 2.51. The highest BCUT2D eigenvalue weighted by atomic mass is 32.2. The fraction of sp³-hybridized carbons (Fsp3) is 0.571. The lowest BCUT2D eigenvalue weighted by Gasteiger charge is -2.32. The van der Waals surface area contributed by atoms with Gasteiger partial charge >= 0.3 is 7.12 Å². The summed E-state index contributed by atoms with van der Waals surface area (Å²) < 4.78 is 26.1. The van der Waals surface area contributed by atoms with Crippen LogP contribution in [0.2, 0.25) is 0 Å². The first kappa shape index (κ1) is 14.9. The quantitative estimate of drug-likeness (QED) is 0.613. The maximum Gasteiger partial charge on any atom is 0.497 e. The summed E-state index contributed by atoms with van der Waals surface area (Å²) >= 11 is 1.59. The van der Waals surface area contributed by atoms with Crippen molar-refractivity contribution in [3.05, 3.63) is 23.5 Å². The van der Waals surface area contributed by atoms with Gasteiger partial charge in [-0.15, -0.1) is 11.8 Å². The van der Waals surface area contributed by atoms with Crippen LogP contribution in [0, 0.1) is 12.7 Å². The fourth-order valence-corrected chi connectivity index (χ4v) is 2.56. The van der Waals surface area contributed by atoms with Gasteiger partial charge in [-0.3, -0.25) is 0 Å². The molecule has 1 heterocycles. The van der Waals surface area contributed by atoms with Crippen LogP contribution < -0.4 is 5.46 Å². The zero-order chi connectivity index (χ0) is 14.4. The second kappa shape index (κ2) is 4.79. The predicted octanol–water partition coefficient (Wildman–Crippen LogP) is 3.16. The normalized spacial score (nSPS) is 20.9. The van der Waals surface area contributed by atoms with Crippen LogP contribution in [0.4, 0.5) is 4.39 Å². The Bertz CT molecular complexity index is 486. The van der Waals surface area contributed by atoms with Gasteiger partial charge in [0.05, 0.1) is 11.2 Å². The van der Waals surface area contributed by atoms with E-state index in [2.05, 4.69) is 0 Å². The molecule has 0 amide bonds. The number of hydrogen-bond donors (Lipinski definition) is 0. The Morgan fingerprint density at radius 1 is 1.11 bits per heavy atom. The highest BCUT2D eigenvalue weighted by molar-refractivity contribution is 7.98. The van der Waals surface area contributed by atoms with Crippen molar-refractivity contribution in [1.29, 1.82) is 0 Å². The van der Waals surface area contributed by atoms with E-state index in [0.717, 1.165) is 4.90 Å². The van der Waals surface area contributed by atoms with Crippen molar-refractivity contribution in [2.75, 3.05) is 6.26 Å². The van der Waals surface area contributed by atoms with Gasteiger partial charge in [0.2, 0.25) is 0 Å². The molecule has 0 atom stereocenters. The maximum absolute atomic E-state index is 14.3. The van der Waals surface area contributed by atoms with Gasteiger partial charge in [-0.05, 0) is 58.6 Å². The molecule has 0 radical (unpaired) electrons. The molecule has 1 aromatic rings. The average molecular weight is 282 g/mol. The van der Waals surface area contributed by atoms with E-state index < -0.39 is 18.3 Å². The molecule has 1 saturated heterocycles. The van der Waals surface area contributed by atoms with Gasteiger partial charge in [-0.2, -0.15) is 0 Å². The van der Waals surface area contributed by atoms with Crippen molar-refractivity contribution < 1.29 is 13.7 Å². The number of aryl methyl sites for hydroxylation is 1. The smallest absolute Gasteiger partial charge is 0.399 e. The van der Waals surface area contributed by atoms with E-state index in [1.807, 2.05) is 46.1 Å². The fourth-order valence-electron chi connectivity index (χ4n) is 2.02. The molecular formula is C14H20BFO2S. The van der Waals surface area contributed by atoms with Crippen molar-refractivity contribution in [1.82, 2.24) is 0 Å². The molecule has 0 N–H and O–H groups in total. The van der Waals surface area contributed by atoms with E-state index >= 15 is 0 Å². The minimum atomic E-state index is -0.643. The lowest BCUT2D eigenvalue weighted by Crippen LogP contribution is -2.41. The van der Waals surface area contributed by atoms with Crippen molar-refractivity contribution in [3.8, 4) is 0 Å². The third-order valence-corrected chi connectivity index (χ3v) is 4.71. The highest BCUT2D eigenvalue weighted by Gasteiger charge is 2.52. The summed E-state index contributed by atoms with van der Waals surface area (Å²) in [6, 6.07) is 3.66. The van der Waals surface area contributed by atoms with Crippen molar-refractivity contribution in [2.45, 2.75) is 50.7 Å². The molecule has 104 valence electrons. The van der Waals surface area contributed by atoms with Crippen molar-refractivity contribution in [2.24, 2.45) is 0 Å². The van der Waals surface area contributed by atoms with E-state index in [9.17, 15) is 4.39 Å². The maximum atomic E-state index is 14.3. The van der Waals surface area contributed by atoms with Gasteiger partial charge in [0.15, 0.2) is 0 Å². The lowest BCUT2D eigenvalue weighted by molar-refractivity contribution is 0.00578. The topological polar surface area (TPSA) is 18.5 Å². The van der Waals surface area contributed by atoms with Gasteiger partial charge in [0.25, 0.3) is 0 Å². The van der Waals surface area contributed by atoms with E-state index in [1.54, 1.807) is 18.7 Å². The Hall–Kier alpha value is -0.515. The Balaban J connectivity index is 2.42. The molecule has 0 bridgehead atoms. The Kier molecular flexibility index (Phi) is 3.76. The number of benzene rings is 1. The van der Waals surface area contributed by atoms with Gasteiger partial charge in [-0.1, -0.05) is 0 Å². The summed E-state index contributed by atoms with van der Waals surface area (Å²) in [5.74, 6) is -0.240. The minimum Gasteiger partial charge on any atom is -0.399 e. The SMILES string of the molecule is CSc1cc(C)c(F)c(B2OC(C)(C)C(C)(C)O2)c1. The lowest BCUT2D eigenvalue weighted by atomic mass is 9.78. The van der Waals surface area contributed by atoms with Crippen LogP contribution >= 0.6 is 11.8 Å². The van der Waals surface area contributed by atoms with Crippen molar-refractivity contribution in [3.63, 3.8) is 0 Å². The molecule has 1 aliphatic rings. The van der Waals surface area contributed by atoms with Crippen LogP contribution in [0.3, 0.4) is 0 Å². The molecule has 0 saturated carbocycles. The zero-order valence-corrected chi connectivity index (χ0v) is 13.2. The molecule has 2 nitrogen and oxygen atoms in total. The molecule has 2 rings (SSSR count). The number of thioether (sulfide) groups is 1. The number of hydrogen-bond acceptors (Lipinski definition) is 3. The van der Waals surface area contributed by atoms with Gasteiger partial charge in [0.1, 0.15) is 5.82 Å². The van der Waals surface area contributed by atoms with Crippen LogP contribution in [0.1, 0.15) is 33.3 Å². The molecule has 1 aromatic carbocycles. The van der Waals surface area contributed by atoms with E-state index in [4.69, 9.17) is 9.31 Å². The summed E-state index contributed by atoms with van der Waals surface area (Å²) in [6.45, 7) is 9.64. The van der Waals surface area contributed by atoms with Crippen LogP contribution in [0.25, 0.3) is 0 Å². The second-order valence-electron chi connectivity index (χ2n) is 5.94. The summed E-state index contributed by atoms with van der Waals surface area (Å²) in [6.07, 6.45) is 1.97. The first-order valence-corrected chi connectivity index (χ1v) is 7.60. The second-order valence-corrected chi connectivity index (χ2v) is 6.82. The third-order valence-electron chi connectivity index (χ3n) is 4.00. The minimum absolute atomic E-state index is 0.240. The first-order chi connectivity index (χ1) is 8.68. The molecular weight excluding hydrogens is 262 g/mol. The van der Waals surface area contributed by atoms with Gasteiger partial charge < -0.3 is 9.31 Å². The van der Waals surface area contributed by atoms with E-state index in [1.165, 1.54) is 0 Å². The van der Waals surface area contributed by atoms with Gasteiger partial charge in [-0.25, -0.2) is 4.39 Å². The molecule has 0 aromatic heterocycles. The largest absolute Gasteiger partial charge is 0.497 e. The molecule has 1 aliphatic heterocycles. The molecule has 1 fully saturated rings. The van der Waals surface area contributed by atoms with Crippen LogP contribution in [-0.2, 0) is 9.31 Å². The molecule has 0 unspecified atom stereocenters. The molecule has 5 heteroatoms. The molecule has 0 spiro atoms. The van der Waals surface area contributed by atoms with Crippen LogP contribution in [0.15, 0.2) is 17.0 Å². The van der Waals surface area contributed by atoms with E-state index in [-0.39, 0.29) is 5.82 Å². The van der Waals surface area contributed by atoms with Crippen LogP contribution in [0.5, 0.6) is 0 Å². The standard InChI is InChI=1S/C14H20BFO2S/c1-9-7-10(19-6)8-11(12(9)16)15-17-13(2,3)14(4,5)18-15/h7-8H,1-6H3. The third kappa shape index (κ3) is 2.56. The summed E-state index contributed by atoms with van der Waals surface area (Å²) in [4.78, 5) is 1.02. The zero-order valence-electron chi connectivity index (χ0n) is 12.3. The Morgan fingerprint density at radius 3 is 2.11 bits per heavy atom. The Labute approximate surface area is 119 Å². The summed E-state index contributed by atoms with van der Waals surface area (Å²) in [5, 5.41) is 0. The Morgan fingerprint density at radius 2 is 1.63 bits per heavy atom. The van der Waals surface area contributed by atoms with Gasteiger partial charge in [0, 0.05) is 10.4 Å². The number of rotatable bonds is 2. The highest BCUT2D eigenvalue weighted by Crippen LogP contribution is 2.37. The number of halogens is 1. The summed E-state index contributed by atoms with van der Waals surface area (Å²) in [5.41, 5.74) is 0.209. The van der Waals surface area contributed by atoms with E-state index in [0.29, 0.717) is 11.0 Å².